The van der Waals surface area contributed by atoms with Gasteiger partial charge in [-0.2, -0.15) is 0 Å². The molecule has 4 aromatic carbocycles. The first kappa shape index (κ1) is 14.6. The molecule has 118 valence electrons. The standard InChI is InChI=1S/C21H15FO2/c1-12-14-7-3-6-10-17(14)21(24-13(2)23)18-11-19(22)15-8-4-5-9-16(15)20(12)18/h3-11H,1-2H3. The van der Waals surface area contributed by atoms with E-state index in [-0.39, 0.29) is 5.82 Å². The van der Waals surface area contributed by atoms with Crippen LogP contribution in [0.5, 0.6) is 5.75 Å². The largest absolute Gasteiger partial charge is 0.425 e. The Bertz CT molecular complexity index is 1130. The normalized spacial score (nSPS) is 11.3. The third kappa shape index (κ3) is 2.05. The highest BCUT2D eigenvalue weighted by Gasteiger charge is 2.17. The van der Waals surface area contributed by atoms with Crippen molar-refractivity contribution in [2.75, 3.05) is 0 Å². The highest BCUT2D eigenvalue weighted by atomic mass is 19.1. The van der Waals surface area contributed by atoms with Gasteiger partial charge in [0.25, 0.3) is 0 Å². The molecule has 0 fully saturated rings. The molecule has 0 aliphatic heterocycles. The van der Waals surface area contributed by atoms with Crippen molar-refractivity contribution in [3.8, 4) is 5.75 Å². The van der Waals surface area contributed by atoms with Crippen molar-refractivity contribution in [3.63, 3.8) is 0 Å². The first-order chi connectivity index (χ1) is 11.6. The quantitative estimate of drug-likeness (QED) is 0.200. The van der Waals surface area contributed by atoms with E-state index >= 15 is 0 Å². The molecule has 0 heterocycles. The highest BCUT2D eigenvalue weighted by molar-refractivity contribution is 6.18. The minimum absolute atomic E-state index is 0.318. The second-order valence-corrected chi connectivity index (χ2v) is 5.92. The van der Waals surface area contributed by atoms with Crippen molar-refractivity contribution in [2.24, 2.45) is 0 Å². The van der Waals surface area contributed by atoms with Gasteiger partial charge in [-0.3, -0.25) is 4.79 Å². The van der Waals surface area contributed by atoms with E-state index in [1.807, 2.05) is 49.4 Å². The molecule has 0 saturated heterocycles. The third-order valence-corrected chi connectivity index (χ3v) is 4.44. The summed E-state index contributed by atoms with van der Waals surface area (Å²) >= 11 is 0. The van der Waals surface area contributed by atoms with Gasteiger partial charge >= 0.3 is 5.97 Å². The van der Waals surface area contributed by atoms with Gasteiger partial charge in [0.1, 0.15) is 11.6 Å². The summed E-state index contributed by atoms with van der Waals surface area (Å²) in [4.78, 5) is 11.6. The van der Waals surface area contributed by atoms with Crippen LogP contribution in [0.4, 0.5) is 4.39 Å². The van der Waals surface area contributed by atoms with Crippen molar-refractivity contribution >= 4 is 38.3 Å². The fourth-order valence-corrected chi connectivity index (χ4v) is 3.46. The van der Waals surface area contributed by atoms with Crippen LogP contribution in [0.25, 0.3) is 32.3 Å². The zero-order valence-corrected chi connectivity index (χ0v) is 13.4. The number of halogens is 1. The maximum absolute atomic E-state index is 14.6. The van der Waals surface area contributed by atoms with Crippen LogP contribution < -0.4 is 4.74 Å². The van der Waals surface area contributed by atoms with Crippen molar-refractivity contribution in [1.82, 2.24) is 0 Å². The smallest absolute Gasteiger partial charge is 0.308 e. The number of fused-ring (bicyclic) bond motifs is 4. The lowest BCUT2D eigenvalue weighted by atomic mass is 9.92. The lowest BCUT2D eigenvalue weighted by molar-refractivity contribution is -0.131. The fraction of sp³-hybridized carbons (Fsp3) is 0.0952. The highest BCUT2D eigenvalue weighted by Crippen LogP contribution is 2.41. The van der Waals surface area contributed by atoms with Gasteiger partial charge in [-0.1, -0.05) is 48.5 Å². The van der Waals surface area contributed by atoms with Crippen LogP contribution in [-0.4, -0.2) is 5.97 Å². The van der Waals surface area contributed by atoms with Crippen LogP contribution in [0.1, 0.15) is 12.5 Å². The molecule has 24 heavy (non-hydrogen) atoms. The summed E-state index contributed by atoms with van der Waals surface area (Å²) in [6.07, 6.45) is 0. The van der Waals surface area contributed by atoms with Crippen molar-refractivity contribution in [2.45, 2.75) is 13.8 Å². The Balaban J connectivity index is 2.33. The molecule has 0 saturated carbocycles. The first-order valence-corrected chi connectivity index (χ1v) is 7.78. The van der Waals surface area contributed by atoms with Crippen LogP contribution in [-0.2, 0) is 4.79 Å². The van der Waals surface area contributed by atoms with Gasteiger partial charge in [-0.25, -0.2) is 4.39 Å². The van der Waals surface area contributed by atoms with E-state index in [4.69, 9.17) is 4.74 Å². The summed E-state index contributed by atoms with van der Waals surface area (Å²) in [5.41, 5.74) is 1.05. The molecular weight excluding hydrogens is 303 g/mol. The second kappa shape index (κ2) is 5.31. The number of carbonyl (C=O) groups excluding carboxylic acids is 1. The summed E-state index contributed by atoms with van der Waals surface area (Å²) in [6, 6.07) is 16.6. The van der Waals surface area contributed by atoms with Crippen LogP contribution in [0.2, 0.25) is 0 Å². The molecule has 4 rings (SSSR count). The van der Waals surface area contributed by atoms with E-state index in [9.17, 15) is 9.18 Å². The van der Waals surface area contributed by atoms with Crippen LogP contribution in [0.15, 0.2) is 54.6 Å². The SMILES string of the molecule is CC(=O)Oc1c2ccccc2c(C)c2c1cc(F)c1ccccc12. The minimum atomic E-state index is -0.418. The average molecular weight is 318 g/mol. The third-order valence-electron chi connectivity index (χ3n) is 4.44. The molecule has 0 radical (unpaired) electrons. The summed E-state index contributed by atoms with van der Waals surface area (Å²) in [5.74, 6) is -0.316. The monoisotopic (exact) mass is 318 g/mol. The number of benzene rings is 4. The summed E-state index contributed by atoms with van der Waals surface area (Å²) in [7, 11) is 0. The number of esters is 1. The number of hydrogen-bond donors (Lipinski definition) is 0. The van der Waals surface area contributed by atoms with Gasteiger partial charge in [0.05, 0.1) is 0 Å². The maximum Gasteiger partial charge on any atom is 0.308 e. The predicted octanol–water partition coefficient (Wildman–Crippen LogP) is 5.52. The lowest BCUT2D eigenvalue weighted by Crippen LogP contribution is -2.03. The molecule has 0 atom stereocenters. The van der Waals surface area contributed by atoms with Crippen LogP contribution in [0, 0.1) is 12.7 Å². The van der Waals surface area contributed by atoms with Gasteiger partial charge < -0.3 is 4.74 Å². The molecule has 2 nitrogen and oxygen atoms in total. The molecule has 3 heteroatoms. The van der Waals surface area contributed by atoms with E-state index in [0.29, 0.717) is 16.5 Å². The Morgan fingerprint density at radius 1 is 0.875 bits per heavy atom. The Morgan fingerprint density at radius 3 is 2.12 bits per heavy atom. The van der Waals surface area contributed by atoms with Gasteiger partial charge in [0.15, 0.2) is 0 Å². The van der Waals surface area contributed by atoms with E-state index < -0.39 is 5.97 Å². The number of hydrogen-bond acceptors (Lipinski definition) is 2. The molecule has 0 spiro atoms. The molecule has 0 aromatic heterocycles. The number of aryl methyl sites for hydroxylation is 1. The van der Waals surface area contributed by atoms with Crippen molar-refractivity contribution in [3.05, 3.63) is 66.0 Å². The minimum Gasteiger partial charge on any atom is -0.425 e. The van der Waals surface area contributed by atoms with E-state index in [1.54, 1.807) is 6.07 Å². The number of rotatable bonds is 1. The van der Waals surface area contributed by atoms with Crippen molar-refractivity contribution in [1.29, 1.82) is 0 Å². The van der Waals surface area contributed by atoms with Crippen LogP contribution in [0.3, 0.4) is 0 Å². The maximum atomic E-state index is 14.6. The molecular formula is C21H15FO2. The Labute approximate surface area is 138 Å². The fourth-order valence-electron chi connectivity index (χ4n) is 3.46. The summed E-state index contributed by atoms with van der Waals surface area (Å²) in [5, 5.41) is 4.74. The molecule has 0 aliphatic carbocycles. The molecule has 0 amide bonds. The molecule has 0 bridgehead atoms. The summed E-state index contributed by atoms with van der Waals surface area (Å²) < 4.78 is 20.1. The van der Waals surface area contributed by atoms with Gasteiger partial charge in [0, 0.05) is 23.1 Å². The van der Waals surface area contributed by atoms with E-state index in [0.717, 1.165) is 27.1 Å². The van der Waals surface area contributed by atoms with Crippen molar-refractivity contribution < 1.29 is 13.9 Å². The van der Waals surface area contributed by atoms with Gasteiger partial charge in [-0.05, 0) is 34.7 Å². The molecule has 0 unspecified atom stereocenters. The first-order valence-electron chi connectivity index (χ1n) is 7.78. The zero-order chi connectivity index (χ0) is 16.8. The van der Waals surface area contributed by atoms with E-state index in [2.05, 4.69) is 0 Å². The van der Waals surface area contributed by atoms with Gasteiger partial charge in [-0.15, -0.1) is 0 Å². The predicted molar refractivity (Wildman–Crippen MR) is 95.0 cm³/mol. The second-order valence-electron chi connectivity index (χ2n) is 5.92. The zero-order valence-electron chi connectivity index (χ0n) is 13.4. The Hall–Kier alpha value is -2.94. The topological polar surface area (TPSA) is 26.3 Å². The summed E-state index contributed by atoms with van der Waals surface area (Å²) in [6.45, 7) is 3.38. The van der Waals surface area contributed by atoms with Gasteiger partial charge in [0.2, 0.25) is 0 Å². The number of carbonyl (C=O) groups is 1. The number of ether oxygens (including phenoxy) is 1. The molecule has 0 aliphatic rings. The Morgan fingerprint density at radius 2 is 1.46 bits per heavy atom. The van der Waals surface area contributed by atoms with Crippen LogP contribution >= 0.6 is 0 Å². The molecule has 4 aromatic rings. The van der Waals surface area contributed by atoms with E-state index in [1.165, 1.54) is 13.0 Å². The molecule has 0 N–H and O–H groups in total. The lowest BCUT2D eigenvalue weighted by Gasteiger charge is -2.16. The average Bonchev–Trinajstić information content (AvgIpc) is 2.58. The Kier molecular flexibility index (Phi) is 3.24.